The van der Waals surface area contributed by atoms with Crippen LogP contribution in [0.3, 0.4) is 0 Å². The Balaban J connectivity index is 2.19. The third-order valence-electron chi connectivity index (χ3n) is 6.91. The summed E-state index contributed by atoms with van der Waals surface area (Å²) in [5, 5.41) is 14.9. The molecule has 8 heteroatoms. The highest BCUT2D eigenvalue weighted by Gasteiger charge is 2.34. The Bertz CT molecular complexity index is 932. The molecule has 0 saturated carbocycles. The first-order valence-electron chi connectivity index (χ1n) is 13.1. The molecule has 1 aliphatic heterocycles. The number of rotatable bonds is 10. The molecule has 1 N–H and O–H groups in total. The zero-order valence-corrected chi connectivity index (χ0v) is 24.8. The highest BCUT2D eigenvalue weighted by molar-refractivity contribution is 6.48. The van der Waals surface area contributed by atoms with Crippen LogP contribution in [0.1, 0.15) is 83.9 Å². The van der Waals surface area contributed by atoms with E-state index in [1.807, 2.05) is 27.7 Å². The molecule has 198 valence electrons. The van der Waals surface area contributed by atoms with Crippen molar-refractivity contribution >= 4 is 32.0 Å². The van der Waals surface area contributed by atoms with Crippen LogP contribution in [0, 0.1) is 34.8 Å². The summed E-state index contributed by atoms with van der Waals surface area (Å²) in [6, 6.07) is 0. The van der Waals surface area contributed by atoms with Crippen molar-refractivity contribution in [3.05, 3.63) is 26.8 Å². The van der Waals surface area contributed by atoms with Crippen LogP contribution in [-0.2, 0) is 15.6 Å². The second-order valence-electron chi connectivity index (χ2n) is 12.4. The Morgan fingerprint density at radius 2 is 1.74 bits per heavy atom. The van der Waals surface area contributed by atoms with Crippen molar-refractivity contribution in [2.45, 2.75) is 107 Å². The fraction of sp³-hybridized carbons (Fsp3) is 0.741. The number of amides is 1. The number of hydrogen-bond donors (Lipinski definition) is 1. The van der Waals surface area contributed by atoms with E-state index in [9.17, 15) is 14.9 Å². The number of nitrogens with one attached hydrogen (secondary N) is 1. The molecule has 1 aromatic carbocycles. The summed E-state index contributed by atoms with van der Waals surface area (Å²) >= 11 is 0. The molecule has 1 atom stereocenters. The van der Waals surface area contributed by atoms with Gasteiger partial charge < -0.3 is 14.6 Å². The molecule has 1 heterocycles. The van der Waals surface area contributed by atoms with Crippen LogP contribution in [0.25, 0.3) is 0 Å². The predicted octanol–water partition coefficient (Wildman–Crippen LogP) is 6.53. The van der Waals surface area contributed by atoms with Gasteiger partial charge in [-0.25, -0.2) is 0 Å². The molecule has 0 fully saturated rings. The minimum atomic E-state index is -1.09. The number of carbonyl (C=O) groups excluding carboxylic acids is 1. The molecule has 1 aliphatic rings. The van der Waals surface area contributed by atoms with Crippen LogP contribution in [0.2, 0.25) is 13.1 Å². The van der Waals surface area contributed by atoms with Gasteiger partial charge in [-0.2, -0.15) is 0 Å². The number of nitrogens with zero attached hydrogens (tertiary/aromatic N) is 2. The number of unbranched alkanes of at least 4 members (excludes halogenated alkanes) is 2. The quantitative estimate of drug-likeness (QED) is 0.169. The maximum Gasteiger partial charge on any atom is 0.277 e. The molecule has 1 amide bonds. The summed E-state index contributed by atoms with van der Waals surface area (Å²) < 4.78 is 6.31. The highest BCUT2D eigenvalue weighted by atomic mass is 28.3. The van der Waals surface area contributed by atoms with Gasteiger partial charge in [0.2, 0.25) is 5.91 Å². The standard InChI is InChI=1S/C27H47N3O4Si/c1-18-20-15-17-29(16-13-11-12-14-21(26(3,4)5)34-35(9)10)24(20)22(19(2)23(18)30(32)33)28-25(31)27(6,7)8/h21,35H,11-17H2,1-10H3,(H,28,31). The number of benzene rings is 1. The van der Waals surface area contributed by atoms with Gasteiger partial charge in [0.15, 0.2) is 9.04 Å². The molecule has 1 unspecified atom stereocenters. The smallest absolute Gasteiger partial charge is 0.277 e. The maximum absolute atomic E-state index is 12.9. The SMILES string of the molecule is Cc1c2c(c(NC(=O)C(C)(C)C)c(C)c1[N+](=O)[O-])N(CCCCCC(O[SiH](C)C)C(C)(C)C)CC2. The van der Waals surface area contributed by atoms with Crippen LogP contribution in [0.15, 0.2) is 0 Å². The summed E-state index contributed by atoms with van der Waals surface area (Å²) in [6.07, 6.45) is 5.40. The van der Waals surface area contributed by atoms with Gasteiger partial charge in [-0.15, -0.1) is 0 Å². The van der Waals surface area contributed by atoms with Crippen molar-refractivity contribution < 1.29 is 14.1 Å². The van der Waals surface area contributed by atoms with E-state index in [4.69, 9.17) is 4.43 Å². The van der Waals surface area contributed by atoms with Gasteiger partial charge in [-0.1, -0.05) is 54.4 Å². The van der Waals surface area contributed by atoms with Crippen molar-refractivity contribution in [3.8, 4) is 0 Å². The molecule has 0 saturated heterocycles. The molecule has 0 aromatic heterocycles. The lowest BCUT2D eigenvalue weighted by atomic mass is 9.86. The van der Waals surface area contributed by atoms with E-state index >= 15 is 0 Å². The Morgan fingerprint density at radius 3 is 2.26 bits per heavy atom. The Morgan fingerprint density at radius 1 is 1.11 bits per heavy atom. The minimum Gasteiger partial charge on any atom is -0.417 e. The van der Waals surface area contributed by atoms with Gasteiger partial charge in [-0.3, -0.25) is 14.9 Å². The molecule has 0 radical (unpaired) electrons. The first kappa shape index (κ1) is 29.3. The zero-order chi connectivity index (χ0) is 26.7. The highest BCUT2D eigenvalue weighted by Crippen LogP contribution is 2.45. The van der Waals surface area contributed by atoms with Gasteiger partial charge in [0, 0.05) is 30.2 Å². The average Bonchev–Trinajstić information content (AvgIpc) is 3.12. The number of nitro benzene ring substituents is 1. The fourth-order valence-electron chi connectivity index (χ4n) is 4.86. The summed E-state index contributed by atoms with van der Waals surface area (Å²) in [6.45, 7) is 22.1. The lowest BCUT2D eigenvalue weighted by molar-refractivity contribution is -0.386. The molecule has 0 spiro atoms. The fourth-order valence-corrected chi connectivity index (χ4v) is 6.06. The van der Waals surface area contributed by atoms with Crippen LogP contribution in [0.4, 0.5) is 17.1 Å². The van der Waals surface area contributed by atoms with E-state index < -0.39 is 14.5 Å². The lowest BCUT2D eigenvalue weighted by Crippen LogP contribution is -2.33. The molecule has 35 heavy (non-hydrogen) atoms. The second-order valence-corrected chi connectivity index (χ2v) is 14.8. The summed E-state index contributed by atoms with van der Waals surface area (Å²) in [5.41, 5.74) is 3.52. The number of anilines is 2. The molecule has 7 nitrogen and oxygen atoms in total. The zero-order valence-electron chi connectivity index (χ0n) is 23.6. The number of fused-ring (bicyclic) bond motifs is 1. The predicted molar refractivity (Wildman–Crippen MR) is 148 cm³/mol. The minimum absolute atomic E-state index is 0.122. The van der Waals surface area contributed by atoms with Crippen molar-refractivity contribution in [1.82, 2.24) is 0 Å². The second kappa shape index (κ2) is 11.4. The third-order valence-corrected chi connectivity index (χ3v) is 7.78. The van der Waals surface area contributed by atoms with E-state index in [0.717, 1.165) is 62.0 Å². The monoisotopic (exact) mass is 505 g/mol. The van der Waals surface area contributed by atoms with Crippen molar-refractivity contribution in [1.29, 1.82) is 0 Å². The summed E-state index contributed by atoms with van der Waals surface area (Å²) in [5.74, 6) is -0.130. The third kappa shape index (κ3) is 7.29. The number of nitro groups is 1. The average molecular weight is 506 g/mol. The number of carbonyl (C=O) groups is 1. The van der Waals surface area contributed by atoms with E-state index in [1.54, 1.807) is 6.92 Å². The van der Waals surface area contributed by atoms with Gasteiger partial charge in [0.05, 0.1) is 21.9 Å². The molecular formula is C27H47N3O4Si. The summed E-state index contributed by atoms with van der Waals surface area (Å²) in [7, 11) is -1.09. The van der Waals surface area contributed by atoms with Crippen LogP contribution < -0.4 is 10.2 Å². The van der Waals surface area contributed by atoms with Crippen LogP contribution in [-0.4, -0.2) is 39.1 Å². The van der Waals surface area contributed by atoms with E-state index in [2.05, 4.69) is 44.1 Å². The van der Waals surface area contributed by atoms with Crippen LogP contribution in [0.5, 0.6) is 0 Å². The first-order valence-corrected chi connectivity index (χ1v) is 15.9. The Kier molecular flexibility index (Phi) is 9.56. The first-order chi connectivity index (χ1) is 16.1. The normalized spacial score (nSPS) is 14.9. The Labute approximate surface area is 213 Å². The van der Waals surface area contributed by atoms with Crippen LogP contribution >= 0.6 is 0 Å². The number of hydrogen-bond acceptors (Lipinski definition) is 5. The maximum atomic E-state index is 12.9. The van der Waals surface area contributed by atoms with E-state index in [1.165, 1.54) is 0 Å². The summed E-state index contributed by atoms with van der Waals surface area (Å²) in [4.78, 5) is 26.7. The van der Waals surface area contributed by atoms with Crippen molar-refractivity contribution in [2.24, 2.45) is 10.8 Å². The molecule has 1 aromatic rings. The topological polar surface area (TPSA) is 84.7 Å². The molecule has 2 rings (SSSR count). The molecular weight excluding hydrogens is 458 g/mol. The Hall–Kier alpha value is -1.93. The lowest BCUT2D eigenvalue weighted by Gasteiger charge is -2.33. The van der Waals surface area contributed by atoms with Gasteiger partial charge in [0.25, 0.3) is 5.69 Å². The van der Waals surface area contributed by atoms with Crippen molar-refractivity contribution in [2.75, 3.05) is 23.3 Å². The van der Waals surface area contributed by atoms with Crippen molar-refractivity contribution in [3.63, 3.8) is 0 Å². The molecule has 0 bridgehead atoms. The van der Waals surface area contributed by atoms with Gasteiger partial charge >= 0.3 is 0 Å². The van der Waals surface area contributed by atoms with Gasteiger partial charge in [0.1, 0.15) is 0 Å². The largest absolute Gasteiger partial charge is 0.417 e. The van der Waals surface area contributed by atoms with E-state index in [-0.39, 0.29) is 21.9 Å². The van der Waals surface area contributed by atoms with Gasteiger partial charge in [-0.05, 0) is 57.2 Å². The van der Waals surface area contributed by atoms with E-state index in [0.29, 0.717) is 17.4 Å². The molecule has 0 aliphatic carbocycles.